The Morgan fingerprint density at radius 1 is 1.09 bits per heavy atom. The maximum atomic E-state index is 4.67. The van der Waals surface area contributed by atoms with Gasteiger partial charge in [0.1, 0.15) is 5.82 Å². The van der Waals surface area contributed by atoms with E-state index in [1.165, 1.54) is 18.5 Å². The molecule has 1 aromatic carbocycles. The van der Waals surface area contributed by atoms with Gasteiger partial charge in [-0.25, -0.2) is 4.98 Å². The first-order chi connectivity index (χ1) is 11.1. The molecule has 5 nitrogen and oxygen atoms in total. The van der Waals surface area contributed by atoms with Gasteiger partial charge in [0.15, 0.2) is 0 Å². The highest BCUT2D eigenvalue weighted by Gasteiger charge is 2.17. The molecule has 0 radical (unpaired) electrons. The molecule has 5 heteroatoms. The predicted molar refractivity (Wildman–Crippen MR) is 96.7 cm³/mol. The van der Waals surface area contributed by atoms with Crippen LogP contribution in [0.3, 0.4) is 0 Å². The Morgan fingerprint density at radius 2 is 1.78 bits per heavy atom. The molecule has 2 heterocycles. The van der Waals surface area contributed by atoms with Crippen LogP contribution in [-0.4, -0.2) is 37.2 Å². The van der Waals surface area contributed by atoms with Gasteiger partial charge in [-0.2, -0.15) is 4.98 Å². The number of nitrogens with zero attached hydrogens (tertiary/aromatic N) is 4. The second-order valence-corrected chi connectivity index (χ2v) is 6.47. The molecule has 1 aromatic heterocycles. The van der Waals surface area contributed by atoms with Crippen molar-refractivity contribution in [3.63, 3.8) is 0 Å². The van der Waals surface area contributed by atoms with Crippen molar-refractivity contribution >= 4 is 23.1 Å². The Labute approximate surface area is 138 Å². The Balaban J connectivity index is 1.70. The van der Waals surface area contributed by atoms with Crippen molar-refractivity contribution < 1.29 is 0 Å². The minimum absolute atomic E-state index is 0.652. The van der Waals surface area contributed by atoms with Gasteiger partial charge >= 0.3 is 0 Å². The molecule has 2 aromatic rings. The van der Waals surface area contributed by atoms with Gasteiger partial charge in [0.05, 0.1) is 0 Å². The Bertz CT molecular complexity index is 630. The molecule has 0 amide bonds. The number of hydrogen-bond acceptors (Lipinski definition) is 5. The molecular weight excluding hydrogens is 286 g/mol. The van der Waals surface area contributed by atoms with Crippen LogP contribution >= 0.6 is 0 Å². The fourth-order valence-electron chi connectivity index (χ4n) is 2.80. The lowest BCUT2D eigenvalue weighted by molar-refractivity contribution is 0.436. The SMILES string of the molecule is CC1CCN(c2ccnc(Nc3ccc(N(C)C)cc3)n2)CC1. The molecule has 0 spiro atoms. The second-order valence-electron chi connectivity index (χ2n) is 6.47. The van der Waals surface area contributed by atoms with Crippen LogP contribution in [0.15, 0.2) is 36.5 Å². The molecule has 0 saturated carbocycles. The zero-order valence-electron chi connectivity index (χ0n) is 14.2. The number of piperidine rings is 1. The minimum atomic E-state index is 0.652. The van der Waals surface area contributed by atoms with Gasteiger partial charge in [0.2, 0.25) is 5.95 Å². The van der Waals surface area contributed by atoms with Crippen LogP contribution in [-0.2, 0) is 0 Å². The number of nitrogens with one attached hydrogen (secondary N) is 1. The summed E-state index contributed by atoms with van der Waals surface area (Å²) >= 11 is 0. The lowest BCUT2D eigenvalue weighted by Crippen LogP contribution is -2.33. The smallest absolute Gasteiger partial charge is 0.229 e. The van der Waals surface area contributed by atoms with E-state index in [0.717, 1.165) is 30.5 Å². The fourth-order valence-corrected chi connectivity index (χ4v) is 2.80. The normalized spacial score (nSPS) is 15.5. The van der Waals surface area contributed by atoms with Crippen LogP contribution in [0.25, 0.3) is 0 Å². The summed E-state index contributed by atoms with van der Waals surface area (Å²) in [5.74, 6) is 2.49. The number of rotatable bonds is 4. The summed E-state index contributed by atoms with van der Waals surface area (Å²) in [7, 11) is 4.07. The zero-order chi connectivity index (χ0) is 16.2. The van der Waals surface area contributed by atoms with Crippen molar-refractivity contribution in [3.05, 3.63) is 36.5 Å². The van der Waals surface area contributed by atoms with E-state index in [4.69, 9.17) is 0 Å². The topological polar surface area (TPSA) is 44.3 Å². The molecule has 0 atom stereocenters. The average molecular weight is 311 g/mol. The van der Waals surface area contributed by atoms with E-state index in [0.29, 0.717) is 5.95 Å². The first-order valence-electron chi connectivity index (χ1n) is 8.24. The zero-order valence-corrected chi connectivity index (χ0v) is 14.2. The third-order valence-corrected chi connectivity index (χ3v) is 4.39. The minimum Gasteiger partial charge on any atom is -0.378 e. The average Bonchev–Trinajstić information content (AvgIpc) is 2.56. The van der Waals surface area contributed by atoms with Crippen molar-refractivity contribution in [2.45, 2.75) is 19.8 Å². The van der Waals surface area contributed by atoms with Crippen LogP contribution in [0.1, 0.15) is 19.8 Å². The molecule has 1 aliphatic heterocycles. The van der Waals surface area contributed by atoms with Crippen molar-refractivity contribution in [1.82, 2.24) is 9.97 Å². The van der Waals surface area contributed by atoms with E-state index in [9.17, 15) is 0 Å². The molecule has 0 bridgehead atoms. The quantitative estimate of drug-likeness (QED) is 0.936. The first-order valence-corrected chi connectivity index (χ1v) is 8.24. The van der Waals surface area contributed by atoms with Crippen LogP contribution in [0.2, 0.25) is 0 Å². The number of hydrogen-bond donors (Lipinski definition) is 1. The summed E-state index contributed by atoms with van der Waals surface area (Å²) in [5, 5.41) is 3.29. The highest BCUT2D eigenvalue weighted by atomic mass is 15.2. The van der Waals surface area contributed by atoms with Gasteiger partial charge in [-0.1, -0.05) is 6.92 Å². The lowest BCUT2D eigenvalue weighted by Gasteiger charge is -2.31. The van der Waals surface area contributed by atoms with Crippen molar-refractivity contribution in [1.29, 1.82) is 0 Å². The third kappa shape index (κ3) is 3.92. The molecular formula is C18H25N5. The molecule has 0 unspecified atom stereocenters. The monoisotopic (exact) mass is 311 g/mol. The van der Waals surface area contributed by atoms with E-state index in [1.807, 2.05) is 38.5 Å². The van der Waals surface area contributed by atoms with E-state index in [2.05, 4.69) is 44.1 Å². The van der Waals surface area contributed by atoms with Crippen LogP contribution in [0, 0.1) is 5.92 Å². The maximum Gasteiger partial charge on any atom is 0.229 e. The molecule has 23 heavy (non-hydrogen) atoms. The highest BCUT2D eigenvalue weighted by molar-refractivity contribution is 5.59. The van der Waals surface area contributed by atoms with Gasteiger partial charge in [-0.05, 0) is 49.1 Å². The summed E-state index contributed by atoms with van der Waals surface area (Å²) in [6, 6.07) is 10.3. The van der Waals surface area contributed by atoms with Gasteiger partial charge in [0, 0.05) is 44.8 Å². The third-order valence-electron chi connectivity index (χ3n) is 4.39. The van der Waals surface area contributed by atoms with Gasteiger partial charge in [-0.15, -0.1) is 0 Å². The van der Waals surface area contributed by atoms with Crippen LogP contribution in [0.5, 0.6) is 0 Å². The van der Waals surface area contributed by atoms with Crippen LogP contribution in [0.4, 0.5) is 23.1 Å². The molecule has 1 aliphatic rings. The molecule has 122 valence electrons. The van der Waals surface area contributed by atoms with Crippen molar-refractivity contribution in [2.75, 3.05) is 42.3 Å². The van der Waals surface area contributed by atoms with E-state index >= 15 is 0 Å². The van der Waals surface area contributed by atoms with Crippen molar-refractivity contribution in [2.24, 2.45) is 5.92 Å². The summed E-state index contributed by atoms with van der Waals surface area (Å²) in [4.78, 5) is 13.4. The highest BCUT2D eigenvalue weighted by Crippen LogP contribution is 2.23. The summed E-state index contributed by atoms with van der Waals surface area (Å²) < 4.78 is 0. The number of anilines is 4. The molecule has 1 saturated heterocycles. The second kappa shape index (κ2) is 6.86. The molecule has 3 rings (SSSR count). The van der Waals surface area contributed by atoms with E-state index in [-0.39, 0.29) is 0 Å². The summed E-state index contributed by atoms with van der Waals surface area (Å²) in [5.41, 5.74) is 2.17. The van der Waals surface area contributed by atoms with Gasteiger partial charge < -0.3 is 15.1 Å². The van der Waals surface area contributed by atoms with Gasteiger partial charge in [-0.3, -0.25) is 0 Å². The Morgan fingerprint density at radius 3 is 2.43 bits per heavy atom. The summed E-state index contributed by atoms with van der Waals surface area (Å²) in [6.07, 6.45) is 4.30. The Hall–Kier alpha value is -2.30. The fraction of sp³-hybridized carbons (Fsp3) is 0.444. The number of aromatic nitrogens is 2. The molecule has 1 N–H and O–H groups in total. The molecule has 1 fully saturated rings. The lowest BCUT2D eigenvalue weighted by atomic mass is 9.99. The Kier molecular flexibility index (Phi) is 4.65. The van der Waals surface area contributed by atoms with E-state index in [1.54, 1.807) is 0 Å². The number of benzene rings is 1. The first kappa shape index (κ1) is 15.6. The van der Waals surface area contributed by atoms with Crippen molar-refractivity contribution in [3.8, 4) is 0 Å². The van der Waals surface area contributed by atoms with Crippen LogP contribution < -0.4 is 15.1 Å². The van der Waals surface area contributed by atoms with Gasteiger partial charge in [0.25, 0.3) is 0 Å². The van der Waals surface area contributed by atoms with E-state index < -0.39 is 0 Å². The largest absolute Gasteiger partial charge is 0.378 e. The standard InChI is InChI=1S/C18H25N5/c1-14-9-12-23(13-10-14)17-8-11-19-18(21-17)20-15-4-6-16(7-5-15)22(2)3/h4-8,11,14H,9-10,12-13H2,1-3H3,(H,19,20,21). The molecule has 0 aliphatic carbocycles. The predicted octanol–water partition coefficient (Wildman–Crippen LogP) is 3.52. The maximum absolute atomic E-state index is 4.67. The summed E-state index contributed by atoms with van der Waals surface area (Å²) in [6.45, 7) is 4.48.